The fourth-order valence-electron chi connectivity index (χ4n) is 5.73. The first-order valence-corrected chi connectivity index (χ1v) is 8.81. The maximum Gasteiger partial charge on any atom is 0.306 e. The van der Waals surface area contributed by atoms with E-state index in [4.69, 9.17) is 4.74 Å². The van der Waals surface area contributed by atoms with Crippen molar-refractivity contribution in [3.63, 3.8) is 0 Å². The van der Waals surface area contributed by atoms with Crippen LogP contribution in [-0.2, 0) is 9.53 Å². The number of fused-ring (bicyclic) bond motifs is 3. The van der Waals surface area contributed by atoms with E-state index in [0.717, 1.165) is 12.8 Å². The van der Waals surface area contributed by atoms with Crippen LogP contribution >= 0.6 is 0 Å². The molecule has 0 aromatic rings. The van der Waals surface area contributed by atoms with E-state index in [9.17, 15) is 4.79 Å². The molecule has 2 heteroatoms. The number of allylic oxidation sites excluding steroid dienone is 2. The molecule has 22 heavy (non-hydrogen) atoms. The van der Waals surface area contributed by atoms with Gasteiger partial charge in [0.25, 0.3) is 0 Å². The molecule has 2 fully saturated rings. The molecule has 1 heterocycles. The van der Waals surface area contributed by atoms with Crippen LogP contribution < -0.4 is 0 Å². The molecule has 4 unspecified atom stereocenters. The molecule has 1 saturated carbocycles. The summed E-state index contributed by atoms with van der Waals surface area (Å²) in [5.41, 5.74) is 2.97. The zero-order chi connectivity index (χ0) is 16.1. The van der Waals surface area contributed by atoms with E-state index in [1.165, 1.54) is 30.4 Å². The predicted molar refractivity (Wildman–Crippen MR) is 89.3 cm³/mol. The Morgan fingerprint density at radius 1 is 1.27 bits per heavy atom. The average Bonchev–Trinajstić information content (AvgIpc) is 2.56. The monoisotopic (exact) mass is 302 g/mol. The van der Waals surface area contributed by atoms with Gasteiger partial charge in [0.05, 0.1) is 0 Å². The zero-order valence-electron chi connectivity index (χ0n) is 14.6. The van der Waals surface area contributed by atoms with Gasteiger partial charge < -0.3 is 4.74 Å². The molecule has 2 aliphatic carbocycles. The molecule has 3 aliphatic rings. The first-order chi connectivity index (χ1) is 10.3. The largest absolute Gasteiger partial charge is 0.457 e. The van der Waals surface area contributed by atoms with E-state index in [1.54, 1.807) is 0 Å². The number of carbonyl (C=O) groups excluding carboxylic acids is 1. The van der Waals surface area contributed by atoms with Gasteiger partial charge in [0.1, 0.15) is 6.10 Å². The van der Waals surface area contributed by atoms with E-state index in [2.05, 4.69) is 34.3 Å². The summed E-state index contributed by atoms with van der Waals surface area (Å²) in [6.45, 7) is 13.2. The van der Waals surface area contributed by atoms with Crippen LogP contribution in [0.25, 0.3) is 0 Å². The highest BCUT2D eigenvalue weighted by atomic mass is 16.5. The van der Waals surface area contributed by atoms with Gasteiger partial charge in [-0.25, -0.2) is 0 Å². The van der Waals surface area contributed by atoms with Gasteiger partial charge in [-0.05, 0) is 60.5 Å². The van der Waals surface area contributed by atoms with Gasteiger partial charge in [0, 0.05) is 12.3 Å². The minimum absolute atomic E-state index is 0.00311. The first kappa shape index (κ1) is 15.8. The van der Waals surface area contributed by atoms with Gasteiger partial charge >= 0.3 is 5.97 Å². The van der Waals surface area contributed by atoms with E-state index >= 15 is 0 Å². The normalized spacial score (nSPS) is 41.1. The van der Waals surface area contributed by atoms with Crippen LogP contribution in [0, 0.1) is 22.7 Å². The van der Waals surface area contributed by atoms with E-state index < -0.39 is 0 Å². The molecule has 122 valence electrons. The molecule has 0 aromatic carbocycles. The second-order valence-corrected chi connectivity index (χ2v) is 8.57. The van der Waals surface area contributed by atoms with Crippen LogP contribution in [0.15, 0.2) is 23.8 Å². The summed E-state index contributed by atoms with van der Waals surface area (Å²) < 4.78 is 5.97. The van der Waals surface area contributed by atoms with Crippen LogP contribution in [0.3, 0.4) is 0 Å². The summed E-state index contributed by atoms with van der Waals surface area (Å²) in [4.78, 5) is 12.5. The molecule has 0 aromatic heterocycles. The Bertz CT molecular complexity index is 528. The lowest BCUT2D eigenvalue weighted by Gasteiger charge is -2.54. The molecule has 0 radical (unpaired) electrons. The third-order valence-corrected chi connectivity index (χ3v) is 7.02. The van der Waals surface area contributed by atoms with Crippen molar-refractivity contribution < 1.29 is 9.53 Å². The smallest absolute Gasteiger partial charge is 0.306 e. The molecule has 0 amide bonds. The molecule has 0 N–H and O–H groups in total. The number of esters is 1. The summed E-state index contributed by atoms with van der Waals surface area (Å²) in [5, 5.41) is 0. The van der Waals surface area contributed by atoms with Crippen LogP contribution in [0.4, 0.5) is 0 Å². The first-order valence-electron chi connectivity index (χ1n) is 8.81. The van der Waals surface area contributed by atoms with Crippen LogP contribution in [0.5, 0.6) is 0 Å². The van der Waals surface area contributed by atoms with Crippen LogP contribution in [0.2, 0.25) is 0 Å². The lowest BCUT2D eigenvalue weighted by Crippen LogP contribution is -2.49. The minimum Gasteiger partial charge on any atom is -0.457 e. The fourth-order valence-corrected chi connectivity index (χ4v) is 5.73. The van der Waals surface area contributed by atoms with Gasteiger partial charge in [0.2, 0.25) is 0 Å². The van der Waals surface area contributed by atoms with Crippen LogP contribution in [0.1, 0.15) is 66.2 Å². The van der Waals surface area contributed by atoms with E-state index in [-0.39, 0.29) is 22.9 Å². The van der Waals surface area contributed by atoms with Gasteiger partial charge in [0.15, 0.2) is 0 Å². The lowest BCUT2D eigenvalue weighted by atomic mass is 9.49. The zero-order valence-corrected chi connectivity index (χ0v) is 14.6. The third-order valence-electron chi connectivity index (χ3n) is 7.02. The topological polar surface area (TPSA) is 26.3 Å². The molecule has 1 aliphatic heterocycles. The number of ether oxygens (including phenoxy) is 1. The molecule has 4 atom stereocenters. The highest BCUT2D eigenvalue weighted by Crippen LogP contribution is 2.60. The predicted octanol–water partition coefficient (Wildman–Crippen LogP) is 5.05. The van der Waals surface area contributed by atoms with E-state index in [1.807, 2.05) is 6.08 Å². The van der Waals surface area contributed by atoms with Gasteiger partial charge in [-0.1, -0.05) is 39.8 Å². The number of hydrogen-bond acceptors (Lipinski definition) is 2. The van der Waals surface area contributed by atoms with Crippen molar-refractivity contribution in [3.8, 4) is 0 Å². The third kappa shape index (κ3) is 2.26. The van der Waals surface area contributed by atoms with Crippen molar-refractivity contribution in [2.24, 2.45) is 22.7 Å². The van der Waals surface area contributed by atoms with Crippen molar-refractivity contribution >= 4 is 5.97 Å². The highest BCUT2D eigenvalue weighted by Gasteiger charge is 2.56. The molecule has 0 spiro atoms. The summed E-state index contributed by atoms with van der Waals surface area (Å²) in [5.74, 6) is 0.907. The standard InChI is InChI=1S/C20H30O2/c1-6-14-8-9-15-18(13(14)2)22-17(21)12-16-19(3,4)10-7-11-20(15,16)5/h6,15-16,18H,1,7-12H2,2-5H3. The Kier molecular flexibility index (Phi) is 3.78. The number of rotatable bonds is 1. The molecule has 1 saturated heterocycles. The average molecular weight is 302 g/mol. The Morgan fingerprint density at radius 2 is 2.00 bits per heavy atom. The van der Waals surface area contributed by atoms with Crippen molar-refractivity contribution in [1.82, 2.24) is 0 Å². The minimum atomic E-state index is -0.0295. The van der Waals surface area contributed by atoms with Gasteiger partial charge in [-0.2, -0.15) is 0 Å². The van der Waals surface area contributed by atoms with Gasteiger partial charge in [-0.3, -0.25) is 4.79 Å². The maximum atomic E-state index is 12.5. The van der Waals surface area contributed by atoms with Crippen molar-refractivity contribution in [1.29, 1.82) is 0 Å². The van der Waals surface area contributed by atoms with Crippen molar-refractivity contribution in [2.75, 3.05) is 0 Å². The summed E-state index contributed by atoms with van der Waals surface area (Å²) >= 11 is 0. The van der Waals surface area contributed by atoms with Gasteiger partial charge in [-0.15, -0.1) is 0 Å². The fraction of sp³-hybridized carbons (Fsp3) is 0.750. The summed E-state index contributed by atoms with van der Waals surface area (Å²) in [6.07, 6.45) is 8.45. The Hall–Kier alpha value is -1.05. The Balaban J connectivity index is 2.07. The van der Waals surface area contributed by atoms with Crippen LogP contribution in [-0.4, -0.2) is 12.1 Å². The molecule has 3 rings (SSSR count). The number of hydrogen-bond donors (Lipinski definition) is 0. The van der Waals surface area contributed by atoms with Crippen molar-refractivity contribution in [2.45, 2.75) is 72.3 Å². The highest BCUT2D eigenvalue weighted by molar-refractivity contribution is 5.71. The Morgan fingerprint density at radius 3 is 2.68 bits per heavy atom. The molecule has 2 nitrogen and oxygen atoms in total. The second kappa shape index (κ2) is 5.25. The molecular weight excluding hydrogens is 272 g/mol. The quantitative estimate of drug-likeness (QED) is 0.634. The van der Waals surface area contributed by atoms with Crippen molar-refractivity contribution in [3.05, 3.63) is 23.8 Å². The SMILES string of the molecule is C=CC1=C(C)C2OC(=O)CC3C(C)(C)CCCC3(C)C2CC1. The number of carbonyl (C=O) groups is 1. The lowest BCUT2D eigenvalue weighted by molar-refractivity contribution is -0.149. The Labute approximate surface area is 135 Å². The molecule has 0 bridgehead atoms. The summed E-state index contributed by atoms with van der Waals surface area (Å²) in [7, 11) is 0. The molecular formula is C20H30O2. The van der Waals surface area contributed by atoms with E-state index in [0.29, 0.717) is 18.3 Å². The summed E-state index contributed by atoms with van der Waals surface area (Å²) in [6, 6.07) is 0. The second-order valence-electron chi connectivity index (χ2n) is 8.57. The maximum absolute atomic E-state index is 12.5.